The van der Waals surface area contributed by atoms with Gasteiger partial charge in [-0.25, -0.2) is 19.3 Å². The third kappa shape index (κ3) is 1.92. The van der Waals surface area contributed by atoms with Gasteiger partial charge in [-0.3, -0.25) is 0 Å². The molecule has 2 aliphatic heterocycles. The largest absolute Gasteiger partial charge is 0.465 e. The first-order valence-electron chi connectivity index (χ1n) is 5.66. The van der Waals surface area contributed by atoms with Gasteiger partial charge in [0.1, 0.15) is 12.6 Å². The topological polar surface area (TPSA) is 87.2 Å². The molecule has 18 heavy (non-hydrogen) atoms. The molecular formula is C11H14N2O5. The molecule has 0 aromatic heterocycles. The van der Waals surface area contributed by atoms with Crippen LogP contribution in [0.2, 0.25) is 0 Å². The van der Waals surface area contributed by atoms with Gasteiger partial charge in [-0.2, -0.15) is 0 Å². The van der Waals surface area contributed by atoms with Crippen LogP contribution in [0.4, 0.5) is 9.59 Å². The van der Waals surface area contributed by atoms with Crippen LogP contribution in [-0.4, -0.2) is 58.2 Å². The van der Waals surface area contributed by atoms with Gasteiger partial charge in [0.2, 0.25) is 0 Å². The van der Waals surface area contributed by atoms with Crippen molar-refractivity contribution in [2.75, 3.05) is 13.2 Å². The summed E-state index contributed by atoms with van der Waals surface area (Å²) < 4.78 is 4.91. The molecule has 0 aliphatic carbocycles. The van der Waals surface area contributed by atoms with E-state index < -0.39 is 24.1 Å². The van der Waals surface area contributed by atoms with Crippen LogP contribution < -0.4 is 0 Å². The highest BCUT2D eigenvalue weighted by atomic mass is 16.5. The van der Waals surface area contributed by atoms with Crippen LogP contribution in [0.3, 0.4) is 0 Å². The summed E-state index contributed by atoms with van der Waals surface area (Å²) >= 11 is 0. The predicted molar refractivity (Wildman–Crippen MR) is 59.9 cm³/mol. The van der Waals surface area contributed by atoms with Gasteiger partial charge in [-0.05, 0) is 12.8 Å². The minimum absolute atomic E-state index is 0.0867. The summed E-state index contributed by atoms with van der Waals surface area (Å²) in [6.07, 6.45) is 1.09. The maximum Gasteiger partial charge on any atom is 0.415 e. The number of ether oxygens (including phenoxy) is 1. The fourth-order valence-corrected chi connectivity index (χ4v) is 2.39. The van der Waals surface area contributed by atoms with Crippen LogP contribution in [0.5, 0.6) is 0 Å². The predicted octanol–water partition coefficient (Wildman–Crippen LogP) is 0.662. The Morgan fingerprint density at radius 3 is 2.83 bits per heavy atom. The third-order valence-corrected chi connectivity index (χ3v) is 3.20. The van der Waals surface area contributed by atoms with E-state index in [1.54, 1.807) is 0 Å². The second-order valence-corrected chi connectivity index (χ2v) is 4.25. The van der Waals surface area contributed by atoms with Crippen LogP contribution in [0.15, 0.2) is 12.7 Å². The Morgan fingerprint density at radius 2 is 2.22 bits per heavy atom. The zero-order valence-corrected chi connectivity index (χ0v) is 9.74. The van der Waals surface area contributed by atoms with Gasteiger partial charge in [-0.15, -0.1) is 0 Å². The number of hydrogen-bond donors (Lipinski definition) is 1. The standard InChI is InChI=1S/C11H14N2O5/c1-2-5-18-9(14)8-4-3-7-6-12(8)10(15)13(7)11(16)17/h2,7-8H,1,3-6H2,(H,16,17)/t7-,8+/m0/s1. The molecule has 2 fully saturated rings. The highest BCUT2D eigenvalue weighted by molar-refractivity contribution is 5.95. The number of carbonyl (C=O) groups excluding carboxylic acids is 2. The number of piperidine rings is 1. The first-order chi connectivity index (χ1) is 8.56. The van der Waals surface area contributed by atoms with E-state index in [4.69, 9.17) is 9.84 Å². The van der Waals surface area contributed by atoms with E-state index in [0.717, 1.165) is 4.90 Å². The lowest BCUT2D eigenvalue weighted by molar-refractivity contribution is -0.148. The first-order valence-corrected chi connectivity index (χ1v) is 5.66. The fraction of sp³-hybridized carbons (Fsp3) is 0.545. The van der Waals surface area contributed by atoms with Crippen molar-refractivity contribution in [3.8, 4) is 0 Å². The Labute approximate surface area is 104 Å². The summed E-state index contributed by atoms with van der Waals surface area (Å²) in [7, 11) is 0. The summed E-state index contributed by atoms with van der Waals surface area (Å²) in [6, 6.07) is -1.66. The van der Waals surface area contributed by atoms with Crippen molar-refractivity contribution >= 4 is 18.1 Å². The van der Waals surface area contributed by atoms with Crippen molar-refractivity contribution in [1.29, 1.82) is 0 Å². The Kier molecular flexibility index (Phi) is 3.22. The molecule has 0 spiro atoms. The second-order valence-electron chi connectivity index (χ2n) is 4.25. The molecule has 2 atom stereocenters. The third-order valence-electron chi connectivity index (χ3n) is 3.20. The van der Waals surface area contributed by atoms with E-state index in [1.165, 1.54) is 11.0 Å². The molecule has 2 heterocycles. The molecule has 2 bridgehead atoms. The normalized spacial score (nSPS) is 26.1. The average molecular weight is 254 g/mol. The zero-order chi connectivity index (χ0) is 13.3. The van der Waals surface area contributed by atoms with E-state index >= 15 is 0 Å². The van der Waals surface area contributed by atoms with Crippen LogP contribution in [-0.2, 0) is 9.53 Å². The highest BCUT2D eigenvalue weighted by Crippen LogP contribution is 2.30. The number of hydrogen-bond acceptors (Lipinski definition) is 4. The Balaban J connectivity index is 2.10. The number of fused-ring (bicyclic) bond motifs is 2. The van der Waals surface area contributed by atoms with Crippen LogP contribution in [0.25, 0.3) is 0 Å². The molecule has 3 amide bonds. The summed E-state index contributed by atoms with van der Waals surface area (Å²) in [6.45, 7) is 3.78. The quantitative estimate of drug-likeness (QED) is 0.590. The van der Waals surface area contributed by atoms with Crippen molar-refractivity contribution in [3.05, 3.63) is 12.7 Å². The monoisotopic (exact) mass is 254 g/mol. The number of imide groups is 1. The van der Waals surface area contributed by atoms with Gasteiger partial charge >= 0.3 is 18.1 Å². The number of carbonyl (C=O) groups is 3. The van der Waals surface area contributed by atoms with Gasteiger partial charge in [-0.1, -0.05) is 12.7 Å². The molecule has 0 aromatic carbocycles. The zero-order valence-electron chi connectivity index (χ0n) is 9.74. The van der Waals surface area contributed by atoms with E-state index in [9.17, 15) is 14.4 Å². The van der Waals surface area contributed by atoms with Crippen molar-refractivity contribution in [2.24, 2.45) is 0 Å². The lowest BCUT2D eigenvalue weighted by Gasteiger charge is -2.28. The lowest BCUT2D eigenvalue weighted by atomic mass is 10.0. The maximum atomic E-state index is 11.9. The molecule has 7 nitrogen and oxygen atoms in total. The molecule has 0 radical (unpaired) electrons. The van der Waals surface area contributed by atoms with Gasteiger partial charge < -0.3 is 14.7 Å². The average Bonchev–Trinajstić information content (AvgIpc) is 2.59. The number of esters is 1. The highest BCUT2D eigenvalue weighted by Gasteiger charge is 2.49. The SMILES string of the molecule is C=CCOC(=O)[C@H]1CC[C@H]2CN1C(=O)N2C(=O)O. The molecule has 98 valence electrons. The molecule has 0 unspecified atom stereocenters. The van der Waals surface area contributed by atoms with Gasteiger partial charge in [0.15, 0.2) is 0 Å². The van der Waals surface area contributed by atoms with Crippen LogP contribution in [0.1, 0.15) is 12.8 Å². The number of carboxylic acid groups (broad SMARTS) is 1. The summed E-state index contributed by atoms with van der Waals surface area (Å²) in [4.78, 5) is 36.6. The lowest BCUT2D eigenvalue weighted by Crippen LogP contribution is -2.45. The summed E-state index contributed by atoms with van der Waals surface area (Å²) in [5, 5.41) is 8.95. The molecule has 1 N–H and O–H groups in total. The minimum Gasteiger partial charge on any atom is -0.465 e. The Hall–Kier alpha value is -2.05. The van der Waals surface area contributed by atoms with Crippen LogP contribution in [0, 0.1) is 0 Å². The van der Waals surface area contributed by atoms with Crippen molar-refractivity contribution < 1.29 is 24.2 Å². The number of amides is 3. The van der Waals surface area contributed by atoms with E-state index in [1.807, 2.05) is 0 Å². The van der Waals surface area contributed by atoms with Crippen molar-refractivity contribution in [1.82, 2.24) is 9.80 Å². The number of nitrogens with zero attached hydrogens (tertiary/aromatic N) is 2. The molecule has 0 aromatic rings. The Bertz CT molecular complexity index is 408. The molecule has 7 heteroatoms. The van der Waals surface area contributed by atoms with Gasteiger partial charge in [0.05, 0.1) is 6.04 Å². The van der Waals surface area contributed by atoms with Gasteiger partial charge in [0.25, 0.3) is 0 Å². The van der Waals surface area contributed by atoms with Crippen LogP contribution >= 0.6 is 0 Å². The summed E-state index contributed by atoms with van der Waals surface area (Å²) in [5.41, 5.74) is 0. The summed E-state index contributed by atoms with van der Waals surface area (Å²) in [5.74, 6) is -0.506. The molecular weight excluding hydrogens is 240 g/mol. The first kappa shape index (κ1) is 12.4. The van der Waals surface area contributed by atoms with Crippen molar-refractivity contribution in [2.45, 2.75) is 24.9 Å². The smallest absolute Gasteiger partial charge is 0.415 e. The Morgan fingerprint density at radius 1 is 1.50 bits per heavy atom. The fourth-order valence-electron chi connectivity index (χ4n) is 2.39. The van der Waals surface area contributed by atoms with Crippen molar-refractivity contribution in [3.63, 3.8) is 0 Å². The second kappa shape index (κ2) is 4.67. The number of urea groups is 1. The molecule has 2 rings (SSSR count). The van der Waals surface area contributed by atoms with Gasteiger partial charge in [0, 0.05) is 6.54 Å². The molecule has 2 saturated heterocycles. The minimum atomic E-state index is -1.27. The number of rotatable bonds is 3. The maximum absolute atomic E-state index is 11.9. The molecule has 0 saturated carbocycles. The molecule has 2 aliphatic rings. The van der Waals surface area contributed by atoms with E-state index in [2.05, 4.69) is 6.58 Å². The van der Waals surface area contributed by atoms with E-state index in [-0.39, 0.29) is 19.2 Å². The van der Waals surface area contributed by atoms with E-state index in [0.29, 0.717) is 12.8 Å².